The van der Waals surface area contributed by atoms with Crippen molar-refractivity contribution in [3.8, 4) is 34.3 Å². The number of nitrogens with zero attached hydrogens (tertiary/aromatic N) is 3. The summed E-state index contributed by atoms with van der Waals surface area (Å²) in [5.74, 6) is 2.19. The molecule has 3 aromatic rings. The Balaban J connectivity index is 1.91. The summed E-state index contributed by atoms with van der Waals surface area (Å²) >= 11 is 0. The van der Waals surface area contributed by atoms with Crippen LogP contribution >= 0.6 is 0 Å². The van der Waals surface area contributed by atoms with Crippen LogP contribution in [0.5, 0.6) is 11.5 Å². The second-order valence-electron chi connectivity index (χ2n) is 6.02. The highest BCUT2D eigenvalue weighted by Gasteiger charge is 2.21. The zero-order chi connectivity index (χ0) is 17.2. The molecular formula is C20H19N3O2. The standard InChI is InChI=1S/C20H19N3O2/c1-13-6-3-9-17(21-13)20-22-16-10-5-11-25-19(16)18(23-20)14-7-4-8-15(12-14)24-2/h3-4,6-9,12H,5,10-11H2,1-2H3. The van der Waals surface area contributed by atoms with E-state index in [0.29, 0.717) is 12.4 Å². The fraction of sp³-hybridized carbons (Fsp3) is 0.250. The minimum atomic E-state index is 0.630. The highest BCUT2D eigenvalue weighted by molar-refractivity contribution is 5.71. The third-order valence-electron chi connectivity index (χ3n) is 4.20. The molecule has 0 saturated heterocycles. The first kappa shape index (κ1) is 15.6. The summed E-state index contributed by atoms with van der Waals surface area (Å²) < 4.78 is 11.3. The minimum absolute atomic E-state index is 0.630. The largest absolute Gasteiger partial charge is 0.497 e. The van der Waals surface area contributed by atoms with Crippen LogP contribution in [0, 0.1) is 6.92 Å². The molecule has 0 N–H and O–H groups in total. The van der Waals surface area contributed by atoms with Gasteiger partial charge >= 0.3 is 0 Å². The van der Waals surface area contributed by atoms with Crippen molar-refractivity contribution in [1.29, 1.82) is 0 Å². The van der Waals surface area contributed by atoms with Crippen molar-refractivity contribution in [1.82, 2.24) is 15.0 Å². The van der Waals surface area contributed by atoms with E-state index in [-0.39, 0.29) is 0 Å². The van der Waals surface area contributed by atoms with Crippen LogP contribution in [0.15, 0.2) is 42.5 Å². The van der Waals surface area contributed by atoms with Gasteiger partial charge in [0, 0.05) is 11.3 Å². The van der Waals surface area contributed by atoms with E-state index in [4.69, 9.17) is 19.4 Å². The van der Waals surface area contributed by atoms with Gasteiger partial charge in [0.25, 0.3) is 0 Å². The molecule has 1 aliphatic rings. The van der Waals surface area contributed by atoms with Crippen LogP contribution < -0.4 is 9.47 Å². The Labute approximate surface area is 146 Å². The van der Waals surface area contributed by atoms with Crippen molar-refractivity contribution in [2.24, 2.45) is 0 Å². The van der Waals surface area contributed by atoms with Crippen molar-refractivity contribution in [2.75, 3.05) is 13.7 Å². The second-order valence-corrected chi connectivity index (χ2v) is 6.02. The molecule has 2 aromatic heterocycles. The number of hydrogen-bond acceptors (Lipinski definition) is 5. The van der Waals surface area contributed by atoms with E-state index in [0.717, 1.165) is 52.7 Å². The molecule has 5 nitrogen and oxygen atoms in total. The zero-order valence-corrected chi connectivity index (χ0v) is 14.3. The molecule has 0 saturated carbocycles. The van der Waals surface area contributed by atoms with Gasteiger partial charge in [0.05, 0.1) is 19.4 Å². The van der Waals surface area contributed by atoms with E-state index in [1.54, 1.807) is 7.11 Å². The van der Waals surface area contributed by atoms with Crippen molar-refractivity contribution in [2.45, 2.75) is 19.8 Å². The highest BCUT2D eigenvalue weighted by atomic mass is 16.5. The summed E-state index contributed by atoms with van der Waals surface area (Å²) in [6.45, 7) is 2.66. The number of fused-ring (bicyclic) bond motifs is 1. The van der Waals surface area contributed by atoms with Crippen LogP contribution in [-0.2, 0) is 6.42 Å². The lowest BCUT2D eigenvalue weighted by Gasteiger charge is -2.20. The zero-order valence-electron chi connectivity index (χ0n) is 14.3. The topological polar surface area (TPSA) is 57.1 Å². The number of rotatable bonds is 3. The van der Waals surface area contributed by atoms with E-state index >= 15 is 0 Å². The van der Waals surface area contributed by atoms with Crippen LogP contribution in [0.3, 0.4) is 0 Å². The van der Waals surface area contributed by atoms with E-state index in [1.165, 1.54) is 0 Å². The fourth-order valence-corrected chi connectivity index (χ4v) is 2.98. The lowest BCUT2D eigenvalue weighted by Crippen LogP contribution is -2.13. The maximum atomic E-state index is 5.91. The molecule has 3 heterocycles. The molecule has 5 heteroatoms. The van der Waals surface area contributed by atoms with Gasteiger partial charge in [0.15, 0.2) is 11.6 Å². The molecular weight excluding hydrogens is 314 g/mol. The van der Waals surface area contributed by atoms with Gasteiger partial charge in [0.1, 0.15) is 17.1 Å². The van der Waals surface area contributed by atoms with Gasteiger partial charge < -0.3 is 9.47 Å². The number of ether oxygens (including phenoxy) is 2. The molecule has 25 heavy (non-hydrogen) atoms. The maximum Gasteiger partial charge on any atom is 0.179 e. The summed E-state index contributed by atoms with van der Waals surface area (Å²) in [6.07, 6.45) is 1.84. The minimum Gasteiger partial charge on any atom is -0.497 e. The van der Waals surface area contributed by atoms with Gasteiger partial charge in [-0.15, -0.1) is 0 Å². The maximum absolute atomic E-state index is 5.91. The predicted molar refractivity (Wildman–Crippen MR) is 95.8 cm³/mol. The molecule has 0 spiro atoms. The summed E-state index contributed by atoms with van der Waals surface area (Å²) in [7, 11) is 1.66. The van der Waals surface area contributed by atoms with Crippen molar-refractivity contribution >= 4 is 0 Å². The molecule has 1 aromatic carbocycles. The first-order valence-electron chi connectivity index (χ1n) is 8.37. The third-order valence-corrected chi connectivity index (χ3v) is 4.20. The Hall–Kier alpha value is -2.95. The number of methoxy groups -OCH3 is 1. The first-order chi connectivity index (χ1) is 12.2. The summed E-state index contributed by atoms with van der Waals surface area (Å²) in [5.41, 5.74) is 4.41. The summed E-state index contributed by atoms with van der Waals surface area (Å²) in [4.78, 5) is 14.1. The van der Waals surface area contributed by atoms with Crippen molar-refractivity contribution in [3.05, 3.63) is 53.9 Å². The number of aryl methyl sites for hydroxylation is 2. The number of aromatic nitrogens is 3. The Kier molecular flexibility index (Phi) is 4.06. The average Bonchev–Trinajstić information content (AvgIpc) is 2.67. The molecule has 0 amide bonds. The number of benzene rings is 1. The van der Waals surface area contributed by atoms with Gasteiger partial charge in [-0.1, -0.05) is 18.2 Å². The van der Waals surface area contributed by atoms with E-state index < -0.39 is 0 Å². The second kappa shape index (κ2) is 6.51. The van der Waals surface area contributed by atoms with Crippen LogP contribution in [0.1, 0.15) is 17.8 Å². The van der Waals surface area contributed by atoms with Gasteiger partial charge in [-0.05, 0) is 44.0 Å². The smallest absolute Gasteiger partial charge is 0.179 e. The quantitative estimate of drug-likeness (QED) is 0.729. The van der Waals surface area contributed by atoms with Crippen LogP contribution in [0.2, 0.25) is 0 Å². The Morgan fingerprint density at radius 2 is 1.92 bits per heavy atom. The average molecular weight is 333 g/mol. The van der Waals surface area contributed by atoms with Crippen molar-refractivity contribution < 1.29 is 9.47 Å². The highest BCUT2D eigenvalue weighted by Crippen LogP contribution is 2.36. The van der Waals surface area contributed by atoms with E-state index in [2.05, 4.69) is 4.98 Å². The predicted octanol–water partition coefficient (Wildman–Crippen LogP) is 3.85. The van der Waals surface area contributed by atoms with Crippen LogP contribution in [-0.4, -0.2) is 28.7 Å². The first-order valence-corrected chi connectivity index (χ1v) is 8.37. The summed E-state index contributed by atoms with van der Waals surface area (Å²) in [6, 6.07) is 13.7. The molecule has 126 valence electrons. The molecule has 0 bridgehead atoms. The molecule has 0 radical (unpaired) electrons. The number of pyridine rings is 1. The van der Waals surface area contributed by atoms with Gasteiger partial charge in [-0.2, -0.15) is 0 Å². The van der Waals surface area contributed by atoms with Gasteiger partial charge in [0.2, 0.25) is 0 Å². The van der Waals surface area contributed by atoms with Gasteiger partial charge in [-0.3, -0.25) is 0 Å². The monoisotopic (exact) mass is 333 g/mol. The molecule has 0 atom stereocenters. The number of hydrogen-bond donors (Lipinski definition) is 0. The molecule has 1 aliphatic heterocycles. The normalized spacial score (nSPS) is 13.0. The third kappa shape index (κ3) is 3.05. The Morgan fingerprint density at radius 3 is 2.76 bits per heavy atom. The molecule has 4 rings (SSSR count). The van der Waals surface area contributed by atoms with Gasteiger partial charge in [-0.25, -0.2) is 15.0 Å². The lowest BCUT2D eigenvalue weighted by atomic mass is 10.1. The van der Waals surface area contributed by atoms with Crippen LogP contribution in [0.25, 0.3) is 22.8 Å². The Bertz CT molecular complexity index is 925. The molecule has 0 fully saturated rings. The Morgan fingerprint density at radius 1 is 1.04 bits per heavy atom. The molecule has 0 unspecified atom stereocenters. The fourth-order valence-electron chi connectivity index (χ4n) is 2.98. The summed E-state index contributed by atoms with van der Waals surface area (Å²) in [5, 5.41) is 0. The van der Waals surface area contributed by atoms with Crippen molar-refractivity contribution in [3.63, 3.8) is 0 Å². The van der Waals surface area contributed by atoms with Crippen LogP contribution in [0.4, 0.5) is 0 Å². The SMILES string of the molecule is COc1cccc(-c2nc(-c3cccc(C)n3)nc3c2OCCC3)c1. The lowest BCUT2D eigenvalue weighted by molar-refractivity contribution is 0.285. The molecule has 0 aliphatic carbocycles. The van der Waals surface area contributed by atoms with E-state index in [1.807, 2.05) is 49.4 Å². The van der Waals surface area contributed by atoms with E-state index in [9.17, 15) is 0 Å².